The van der Waals surface area contributed by atoms with Crippen LogP contribution in [-0.4, -0.2) is 66.8 Å². The van der Waals surface area contributed by atoms with Crippen LogP contribution in [0.4, 0.5) is 5.82 Å². The van der Waals surface area contributed by atoms with Crippen LogP contribution in [0.25, 0.3) is 11.7 Å². The number of fused-ring (bicyclic) bond motifs is 1. The second-order valence-corrected chi connectivity index (χ2v) is 8.19. The number of aromatic hydroxyl groups is 1. The number of nitrogens with zero attached hydrogens (tertiary/aromatic N) is 5. The first-order chi connectivity index (χ1) is 14.6. The molecule has 5 rings (SSSR count). The monoisotopic (exact) mass is 410 g/mol. The Balaban J connectivity index is 1.54. The van der Waals surface area contributed by atoms with Gasteiger partial charge in [-0.3, -0.25) is 9.98 Å². The summed E-state index contributed by atoms with van der Waals surface area (Å²) < 4.78 is 1.71. The molecule has 1 aliphatic heterocycles. The van der Waals surface area contributed by atoms with Crippen LogP contribution in [0.1, 0.15) is 37.8 Å². The van der Waals surface area contributed by atoms with Gasteiger partial charge < -0.3 is 20.3 Å². The molecule has 0 radical (unpaired) electrons. The van der Waals surface area contributed by atoms with E-state index >= 15 is 0 Å². The lowest BCUT2D eigenvalue weighted by molar-refractivity contribution is 0.194. The molecule has 1 saturated heterocycles. The van der Waals surface area contributed by atoms with Gasteiger partial charge in [-0.05, 0) is 45.4 Å². The molecule has 1 atom stereocenters. The van der Waals surface area contributed by atoms with Crippen LogP contribution in [0.5, 0.6) is 5.88 Å². The average Bonchev–Trinajstić information content (AvgIpc) is 3.36. The van der Waals surface area contributed by atoms with Crippen LogP contribution in [0.3, 0.4) is 0 Å². The van der Waals surface area contributed by atoms with Crippen LogP contribution in [-0.2, 0) is 0 Å². The number of likely N-dealkylation sites (tertiary alicyclic amines) is 1. The predicted molar refractivity (Wildman–Crippen MR) is 112 cm³/mol. The van der Waals surface area contributed by atoms with Crippen LogP contribution < -0.4 is 21.7 Å². The molecule has 3 aromatic rings. The van der Waals surface area contributed by atoms with Gasteiger partial charge in [0.25, 0.3) is 0 Å². The third-order valence-corrected chi connectivity index (χ3v) is 5.82. The maximum Gasteiger partial charge on any atom is 0.326 e. The number of imidazole rings is 1. The second-order valence-electron chi connectivity index (χ2n) is 8.19. The Bertz CT molecular complexity index is 1240. The lowest BCUT2D eigenvalue weighted by Crippen LogP contribution is -2.41. The Hall–Kier alpha value is -3.14. The van der Waals surface area contributed by atoms with E-state index in [2.05, 4.69) is 32.3 Å². The number of piperidine rings is 1. The van der Waals surface area contributed by atoms with Gasteiger partial charge in [0.2, 0.25) is 5.88 Å². The van der Waals surface area contributed by atoms with Gasteiger partial charge >= 0.3 is 5.69 Å². The third kappa shape index (κ3) is 3.82. The Labute approximate surface area is 172 Å². The molecule has 158 valence electrons. The molecular weight excluding hydrogens is 384 g/mol. The van der Waals surface area contributed by atoms with E-state index in [0.717, 1.165) is 37.2 Å². The van der Waals surface area contributed by atoms with E-state index in [1.165, 1.54) is 19.3 Å². The minimum Gasteiger partial charge on any atom is -0.493 e. The first-order valence-electron chi connectivity index (χ1n) is 10.5. The quantitative estimate of drug-likeness (QED) is 0.467. The molecule has 0 bridgehead atoms. The third-order valence-electron chi connectivity index (χ3n) is 5.82. The Morgan fingerprint density at radius 2 is 2.20 bits per heavy atom. The molecule has 4 heterocycles. The highest BCUT2D eigenvalue weighted by Crippen LogP contribution is 2.22. The van der Waals surface area contributed by atoms with Gasteiger partial charge in [-0.2, -0.15) is 9.61 Å². The van der Waals surface area contributed by atoms with E-state index in [9.17, 15) is 9.90 Å². The smallest absolute Gasteiger partial charge is 0.326 e. The zero-order chi connectivity index (χ0) is 20.7. The summed E-state index contributed by atoms with van der Waals surface area (Å²) in [5, 5.41) is 18.5. The maximum absolute atomic E-state index is 11.4. The van der Waals surface area contributed by atoms with E-state index in [-0.39, 0.29) is 5.88 Å². The summed E-state index contributed by atoms with van der Waals surface area (Å²) in [5.74, 6) is 0.541. The first-order valence-corrected chi connectivity index (χ1v) is 10.5. The van der Waals surface area contributed by atoms with Crippen LogP contribution in [0.15, 0.2) is 22.1 Å². The van der Waals surface area contributed by atoms with Gasteiger partial charge in [0.05, 0.1) is 12.2 Å². The van der Waals surface area contributed by atoms with Crippen molar-refractivity contribution >= 4 is 17.5 Å². The van der Waals surface area contributed by atoms with E-state index in [1.54, 1.807) is 16.8 Å². The van der Waals surface area contributed by atoms with Crippen molar-refractivity contribution < 1.29 is 5.11 Å². The van der Waals surface area contributed by atoms with E-state index < -0.39 is 5.69 Å². The molecular formula is C20H26N8O2. The summed E-state index contributed by atoms with van der Waals surface area (Å²) in [6.07, 6.45) is 9.20. The standard InChI is InChI=1S/C20H26N8O2/c1-27-7-3-2-4-14(27)11-21-16-9-17(23-13-5-6-13)28-18(25-16)12(10-22-28)8-15-19(29)26-20(30)24-15/h8-10,13-14,21,29H,2-7,11H2,1H3,(H2,24,26,30)/b12-8-,23-17?. The average molecular weight is 410 g/mol. The molecule has 1 saturated carbocycles. The SMILES string of the molecule is CN1CCCCC1CNc1cc(=NC2CC2)n2nc/c(=C/c3[nH]c(=O)[nH]c3O)c2n1. The molecule has 10 nitrogen and oxygen atoms in total. The summed E-state index contributed by atoms with van der Waals surface area (Å²) in [5.41, 5.74) is 1.21. The molecule has 0 aromatic carbocycles. The summed E-state index contributed by atoms with van der Waals surface area (Å²) in [4.78, 5) is 28.3. The van der Waals surface area contributed by atoms with Crippen molar-refractivity contribution in [2.75, 3.05) is 25.5 Å². The van der Waals surface area contributed by atoms with Gasteiger partial charge in [0.1, 0.15) is 11.5 Å². The number of rotatable bonds is 5. The molecule has 10 heteroatoms. The zero-order valence-corrected chi connectivity index (χ0v) is 16.9. The van der Waals surface area contributed by atoms with E-state index in [1.807, 2.05) is 6.07 Å². The van der Waals surface area contributed by atoms with Crippen molar-refractivity contribution in [3.05, 3.63) is 39.1 Å². The van der Waals surface area contributed by atoms with E-state index in [0.29, 0.717) is 28.6 Å². The highest BCUT2D eigenvalue weighted by atomic mass is 16.3. The van der Waals surface area contributed by atoms with Crippen LogP contribution in [0.2, 0.25) is 0 Å². The molecule has 2 fully saturated rings. The van der Waals surface area contributed by atoms with E-state index in [4.69, 9.17) is 9.98 Å². The van der Waals surface area contributed by atoms with Crippen molar-refractivity contribution in [2.45, 2.75) is 44.2 Å². The number of aromatic amines is 2. The number of anilines is 1. The van der Waals surface area contributed by atoms with Crippen LogP contribution >= 0.6 is 0 Å². The largest absolute Gasteiger partial charge is 0.493 e. The fourth-order valence-corrected chi connectivity index (χ4v) is 3.91. The van der Waals surface area contributed by atoms with Gasteiger partial charge in [0.15, 0.2) is 11.1 Å². The number of hydrogen-bond acceptors (Lipinski definition) is 7. The predicted octanol–water partition coefficient (Wildman–Crippen LogP) is -0.0417. The van der Waals surface area contributed by atoms with Crippen molar-refractivity contribution in [1.82, 2.24) is 29.5 Å². The van der Waals surface area contributed by atoms with Gasteiger partial charge in [-0.1, -0.05) is 6.42 Å². The number of hydrogen-bond donors (Lipinski definition) is 4. The van der Waals surface area contributed by atoms with Gasteiger partial charge in [0, 0.05) is 23.9 Å². The minimum absolute atomic E-state index is 0.211. The Kier molecular flexibility index (Phi) is 4.78. The molecule has 30 heavy (non-hydrogen) atoms. The fourth-order valence-electron chi connectivity index (χ4n) is 3.91. The lowest BCUT2D eigenvalue weighted by atomic mass is 10.0. The van der Waals surface area contributed by atoms with Crippen molar-refractivity contribution in [2.24, 2.45) is 4.99 Å². The highest BCUT2D eigenvalue weighted by Gasteiger charge is 2.21. The highest BCUT2D eigenvalue weighted by molar-refractivity contribution is 5.57. The van der Waals surface area contributed by atoms with Gasteiger partial charge in [-0.25, -0.2) is 9.78 Å². The summed E-state index contributed by atoms with van der Waals surface area (Å²) in [7, 11) is 2.17. The topological polar surface area (TPSA) is 127 Å². The second kappa shape index (κ2) is 7.60. The molecule has 0 spiro atoms. The molecule has 1 aliphatic carbocycles. The van der Waals surface area contributed by atoms with Crippen molar-refractivity contribution in [1.29, 1.82) is 0 Å². The summed E-state index contributed by atoms with van der Waals surface area (Å²) in [6, 6.07) is 2.77. The summed E-state index contributed by atoms with van der Waals surface area (Å²) >= 11 is 0. The Morgan fingerprint density at radius 1 is 1.33 bits per heavy atom. The zero-order valence-electron chi connectivity index (χ0n) is 16.9. The fraction of sp³-hybridized carbons (Fsp3) is 0.500. The molecule has 3 aromatic heterocycles. The van der Waals surface area contributed by atoms with Crippen molar-refractivity contribution in [3.63, 3.8) is 0 Å². The minimum atomic E-state index is -0.466. The molecule has 4 N–H and O–H groups in total. The van der Waals surface area contributed by atoms with Gasteiger partial charge in [-0.15, -0.1) is 0 Å². The number of nitrogens with one attached hydrogen (secondary N) is 3. The van der Waals surface area contributed by atoms with Crippen molar-refractivity contribution in [3.8, 4) is 5.88 Å². The molecule has 1 unspecified atom stereocenters. The number of likely N-dealkylation sites (N-methyl/N-ethyl adjacent to an activating group) is 1. The summed E-state index contributed by atoms with van der Waals surface area (Å²) in [6.45, 7) is 1.95. The number of H-pyrrole nitrogens is 2. The molecule has 0 amide bonds. The Morgan fingerprint density at radius 3 is 2.93 bits per heavy atom. The van der Waals surface area contributed by atoms with Crippen LogP contribution in [0, 0.1) is 0 Å². The lowest BCUT2D eigenvalue weighted by Gasteiger charge is -2.32. The normalized spacial score (nSPS) is 21.6. The maximum atomic E-state index is 11.4. The first kappa shape index (κ1) is 18.9. The number of aromatic nitrogens is 5. The molecule has 2 aliphatic rings.